The molecule has 2 aromatic rings. The zero-order valence-corrected chi connectivity index (χ0v) is 17.2. The SMILES string of the molecule is CC1CCC(=O)c2cc3cc(CO[Si](C)(C)C(C)(C)C)[nH]c3cc2O1. The second kappa shape index (κ2) is 6.29. The van der Waals surface area contributed by atoms with Gasteiger partial charge in [-0.1, -0.05) is 20.8 Å². The summed E-state index contributed by atoms with van der Waals surface area (Å²) in [4.78, 5) is 15.8. The van der Waals surface area contributed by atoms with Crippen molar-refractivity contribution in [3.05, 3.63) is 29.5 Å². The fourth-order valence-corrected chi connectivity index (χ4v) is 3.78. The molecular weight excluding hydrogens is 330 g/mol. The predicted molar refractivity (Wildman–Crippen MR) is 104 cm³/mol. The highest BCUT2D eigenvalue weighted by Gasteiger charge is 2.37. The van der Waals surface area contributed by atoms with E-state index in [0.29, 0.717) is 24.3 Å². The number of ether oxygens (including phenoxy) is 1. The molecule has 5 heteroatoms. The Labute approximate surface area is 151 Å². The standard InChI is InChI=1S/C20H29NO3Si/c1-13-7-8-18(22)16-10-14-9-15(21-17(14)11-19(16)24-13)12-23-25(5,6)20(2,3)4/h9-11,13,21H,7-8,12H2,1-6H3. The molecule has 0 saturated heterocycles. The lowest BCUT2D eigenvalue weighted by atomic mass is 10.0. The minimum absolute atomic E-state index is 0.0685. The van der Waals surface area contributed by atoms with Gasteiger partial charge in [0.15, 0.2) is 14.1 Å². The fraction of sp³-hybridized carbons (Fsp3) is 0.550. The first-order chi connectivity index (χ1) is 11.6. The lowest BCUT2D eigenvalue weighted by Crippen LogP contribution is -2.40. The van der Waals surface area contributed by atoms with Gasteiger partial charge < -0.3 is 14.1 Å². The molecule has 1 N–H and O–H groups in total. The summed E-state index contributed by atoms with van der Waals surface area (Å²) in [7, 11) is -1.79. The molecule has 0 saturated carbocycles. The molecule has 1 aliphatic rings. The second-order valence-corrected chi connectivity index (χ2v) is 13.5. The van der Waals surface area contributed by atoms with Crippen LogP contribution in [-0.2, 0) is 11.0 Å². The van der Waals surface area contributed by atoms with Crippen LogP contribution in [0.2, 0.25) is 18.1 Å². The number of carbonyl (C=O) groups excluding carboxylic acids is 1. The Morgan fingerprint density at radius 2 is 2.00 bits per heavy atom. The summed E-state index contributed by atoms with van der Waals surface area (Å²) in [6, 6.07) is 6.00. The van der Waals surface area contributed by atoms with Gasteiger partial charge in [0.1, 0.15) is 5.75 Å². The summed E-state index contributed by atoms with van der Waals surface area (Å²) in [6.45, 7) is 13.8. The number of fused-ring (bicyclic) bond motifs is 2. The molecule has 1 aromatic heterocycles. The van der Waals surface area contributed by atoms with Gasteiger partial charge in [0.05, 0.1) is 18.3 Å². The maximum Gasteiger partial charge on any atom is 0.192 e. The smallest absolute Gasteiger partial charge is 0.192 e. The minimum Gasteiger partial charge on any atom is -0.490 e. The number of hydrogen-bond acceptors (Lipinski definition) is 3. The van der Waals surface area contributed by atoms with Gasteiger partial charge in [-0.05, 0) is 43.6 Å². The van der Waals surface area contributed by atoms with Gasteiger partial charge in [-0.3, -0.25) is 4.79 Å². The van der Waals surface area contributed by atoms with Gasteiger partial charge in [-0.15, -0.1) is 0 Å². The first-order valence-corrected chi connectivity index (χ1v) is 12.0. The van der Waals surface area contributed by atoms with Crippen LogP contribution >= 0.6 is 0 Å². The van der Waals surface area contributed by atoms with Crippen LogP contribution in [0.25, 0.3) is 10.9 Å². The van der Waals surface area contributed by atoms with Crippen LogP contribution < -0.4 is 4.74 Å². The average molecular weight is 360 g/mol. The van der Waals surface area contributed by atoms with Crippen molar-refractivity contribution >= 4 is 25.0 Å². The molecule has 0 amide bonds. The number of benzene rings is 1. The van der Waals surface area contributed by atoms with Crippen LogP contribution in [0, 0.1) is 0 Å². The largest absolute Gasteiger partial charge is 0.490 e. The molecule has 3 rings (SSSR count). The first kappa shape index (κ1) is 18.2. The maximum atomic E-state index is 12.4. The number of aromatic amines is 1. The summed E-state index contributed by atoms with van der Waals surface area (Å²) < 4.78 is 12.2. The van der Waals surface area contributed by atoms with E-state index in [1.807, 2.05) is 19.1 Å². The van der Waals surface area contributed by atoms with E-state index in [-0.39, 0.29) is 16.9 Å². The molecule has 0 spiro atoms. The Balaban J connectivity index is 1.87. The molecule has 2 heterocycles. The summed E-state index contributed by atoms with van der Waals surface area (Å²) in [5, 5.41) is 1.23. The van der Waals surface area contributed by atoms with E-state index in [0.717, 1.165) is 23.0 Å². The number of aromatic nitrogens is 1. The Bertz CT molecular complexity index is 801. The van der Waals surface area contributed by atoms with Crippen molar-refractivity contribution in [2.75, 3.05) is 0 Å². The Morgan fingerprint density at radius 3 is 2.68 bits per heavy atom. The Kier molecular flexibility index (Phi) is 4.58. The van der Waals surface area contributed by atoms with E-state index in [9.17, 15) is 4.79 Å². The summed E-state index contributed by atoms with van der Waals surface area (Å²) in [6.07, 6.45) is 1.39. The normalized spacial score (nSPS) is 18.8. The molecule has 1 unspecified atom stereocenters. The number of H-pyrrole nitrogens is 1. The second-order valence-electron chi connectivity index (χ2n) is 8.67. The highest BCUT2D eigenvalue weighted by Crippen LogP contribution is 2.37. The van der Waals surface area contributed by atoms with Gasteiger partial charge in [-0.25, -0.2) is 0 Å². The molecule has 0 fully saturated rings. The molecular formula is C20H29NO3Si. The zero-order valence-electron chi connectivity index (χ0n) is 16.2. The average Bonchev–Trinajstić information content (AvgIpc) is 2.84. The molecule has 0 bridgehead atoms. The van der Waals surface area contributed by atoms with Gasteiger partial charge in [0.25, 0.3) is 0 Å². The third-order valence-corrected chi connectivity index (χ3v) is 10.1. The van der Waals surface area contributed by atoms with Crippen LogP contribution in [0.15, 0.2) is 18.2 Å². The van der Waals surface area contributed by atoms with Crippen molar-refractivity contribution in [2.24, 2.45) is 0 Å². The van der Waals surface area contributed by atoms with Crippen molar-refractivity contribution in [2.45, 2.75) is 71.4 Å². The molecule has 4 nitrogen and oxygen atoms in total. The third-order valence-electron chi connectivity index (χ3n) is 5.58. The van der Waals surface area contributed by atoms with Gasteiger partial charge in [0.2, 0.25) is 0 Å². The highest BCUT2D eigenvalue weighted by molar-refractivity contribution is 6.74. The number of ketones is 1. The van der Waals surface area contributed by atoms with Crippen LogP contribution in [0.1, 0.15) is 56.6 Å². The maximum absolute atomic E-state index is 12.4. The van der Waals surface area contributed by atoms with Crippen molar-refractivity contribution in [3.63, 3.8) is 0 Å². The molecule has 1 aromatic carbocycles. The summed E-state index contributed by atoms with van der Waals surface area (Å²) in [5.41, 5.74) is 2.74. The van der Waals surface area contributed by atoms with E-state index in [4.69, 9.17) is 9.16 Å². The minimum atomic E-state index is -1.79. The number of hydrogen-bond donors (Lipinski definition) is 1. The van der Waals surface area contributed by atoms with Crippen molar-refractivity contribution in [1.29, 1.82) is 0 Å². The van der Waals surface area contributed by atoms with E-state index in [1.54, 1.807) is 0 Å². The molecule has 136 valence electrons. The number of carbonyl (C=O) groups is 1. The molecule has 0 aliphatic carbocycles. The topological polar surface area (TPSA) is 51.3 Å². The molecule has 25 heavy (non-hydrogen) atoms. The van der Waals surface area contributed by atoms with Crippen molar-refractivity contribution in [1.82, 2.24) is 4.98 Å². The zero-order chi connectivity index (χ0) is 18.4. The first-order valence-electron chi connectivity index (χ1n) is 9.06. The van der Waals surface area contributed by atoms with Gasteiger partial charge >= 0.3 is 0 Å². The van der Waals surface area contributed by atoms with Gasteiger partial charge in [0, 0.05) is 29.1 Å². The summed E-state index contributed by atoms with van der Waals surface area (Å²) >= 11 is 0. The number of Topliss-reactive ketones (excluding diaryl/α,β-unsaturated/α-hetero) is 1. The van der Waals surface area contributed by atoms with Crippen LogP contribution in [0.4, 0.5) is 0 Å². The lowest BCUT2D eigenvalue weighted by Gasteiger charge is -2.36. The van der Waals surface area contributed by atoms with Crippen molar-refractivity contribution < 1.29 is 14.0 Å². The quantitative estimate of drug-likeness (QED) is 0.743. The molecule has 1 aliphatic heterocycles. The summed E-state index contributed by atoms with van der Waals surface area (Å²) in [5.74, 6) is 0.864. The Hall–Kier alpha value is -1.59. The van der Waals surface area contributed by atoms with E-state index in [1.165, 1.54) is 0 Å². The molecule has 0 radical (unpaired) electrons. The van der Waals surface area contributed by atoms with E-state index < -0.39 is 8.32 Å². The third kappa shape index (κ3) is 3.67. The predicted octanol–water partition coefficient (Wildman–Crippen LogP) is 5.43. The van der Waals surface area contributed by atoms with Crippen LogP contribution in [0.3, 0.4) is 0 Å². The van der Waals surface area contributed by atoms with E-state index >= 15 is 0 Å². The number of rotatable bonds is 3. The monoisotopic (exact) mass is 359 g/mol. The van der Waals surface area contributed by atoms with Crippen molar-refractivity contribution in [3.8, 4) is 5.75 Å². The van der Waals surface area contributed by atoms with Gasteiger partial charge in [-0.2, -0.15) is 0 Å². The lowest BCUT2D eigenvalue weighted by molar-refractivity contribution is 0.0978. The fourth-order valence-electron chi connectivity index (χ4n) is 2.83. The van der Waals surface area contributed by atoms with Crippen LogP contribution in [-0.4, -0.2) is 25.2 Å². The molecule has 1 atom stereocenters. The Morgan fingerprint density at radius 1 is 1.28 bits per heavy atom. The van der Waals surface area contributed by atoms with Crippen LogP contribution in [0.5, 0.6) is 5.75 Å². The highest BCUT2D eigenvalue weighted by atomic mass is 28.4. The van der Waals surface area contributed by atoms with E-state index in [2.05, 4.69) is 44.9 Å². The number of nitrogens with one attached hydrogen (secondary N) is 1.